The highest BCUT2D eigenvalue weighted by Crippen LogP contribution is 2.32. The van der Waals surface area contributed by atoms with E-state index in [-0.39, 0.29) is 25.0 Å². The van der Waals surface area contributed by atoms with Crippen LogP contribution in [0, 0.1) is 11.8 Å². The van der Waals surface area contributed by atoms with E-state index in [1.807, 2.05) is 0 Å². The van der Waals surface area contributed by atoms with Crippen molar-refractivity contribution in [3.05, 3.63) is 29.8 Å². The molecule has 3 aliphatic heterocycles. The SMILES string of the molecule is CC[C@H](C)[C@@H]1NC(=O)CNC(=O)[C@@H]2Cc3c([nH]c4ccccc34)SCC[C@H](NC(=O)CNC1=O)C(=O)N[C@@H](CC(N)=O)C(=O)N1C[C@H](O)C[C@H]1C(=O)N[C@@H]([C@@H](C)[C@@H](O)CO)C(=O)N2. The summed E-state index contributed by atoms with van der Waals surface area (Å²) in [5.74, 6) is -9.70. The lowest BCUT2D eigenvalue weighted by Crippen LogP contribution is -2.61. The number of H-pyrrole nitrogens is 1. The van der Waals surface area contributed by atoms with Gasteiger partial charge < -0.3 is 68.2 Å². The number of nitrogens with one attached hydrogen (secondary N) is 8. The van der Waals surface area contributed by atoms with Gasteiger partial charge in [-0.25, -0.2) is 0 Å². The maximum absolute atomic E-state index is 14.4. The molecular weight excluding hydrogens is 845 g/mol. The Kier molecular flexibility index (Phi) is 16.5. The lowest BCUT2D eigenvalue weighted by atomic mass is 9.93. The zero-order valence-electron chi connectivity index (χ0n) is 35.1. The first kappa shape index (κ1) is 48.3. The maximum Gasteiger partial charge on any atom is 0.246 e. The van der Waals surface area contributed by atoms with Gasteiger partial charge in [0.2, 0.25) is 53.2 Å². The van der Waals surface area contributed by atoms with E-state index in [0.717, 1.165) is 4.90 Å². The summed E-state index contributed by atoms with van der Waals surface area (Å²) in [4.78, 5) is 128. The van der Waals surface area contributed by atoms with Crippen molar-refractivity contribution in [3.8, 4) is 0 Å². The van der Waals surface area contributed by atoms with Gasteiger partial charge in [0.1, 0.15) is 36.3 Å². The second-order valence-corrected chi connectivity index (χ2v) is 17.2. The molecule has 1 aromatic carbocycles. The highest BCUT2D eigenvalue weighted by atomic mass is 32.2. The van der Waals surface area contributed by atoms with E-state index in [9.17, 15) is 58.5 Å². The molecule has 63 heavy (non-hydrogen) atoms. The van der Waals surface area contributed by atoms with Gasteiger partial charge in [-0.3, -0.25) is 43.2 Å². The van der Waals surface area contributed by atoms with Gasteiger partial charge in [0.25, 0.3) is 0 Å². The van der Waals surface area contributed by atoms with Crippen LogP contribution in [-0.2, 0) is 49.6 Å². The molecule has 0 spiro atoms. The minimum absolute atomic E-state index is 0.102. The summed E-state index contributed by atoms with van der Waals surface area (Å²) in [7, 11) is 0. The first-order valence-electron chi connectivity index (χ1n) is 20.8. The van der Waals surface area contributed by atoms with Crippen LogP contribution < -0.4 is 43.0 Å². The fraction of sp³-hybridized carbons (Fsp3) is 0.575. The Morgan fingerprint density at radius 2 is 1.54 bits per heavy atom. The van der Waals surface area contributed by atoms with E-state index in [2.05, 4.69) is 42.2 Å². The lowest BCUT2D eigenvalue weighted by molar-refractivity contribution is -0.144. The third kappa shape index (κ3) is 12.0. The van der Waals surface area contributed by atoms with Crippen LogP contribution in [0.25, 0.3) is 10.9 Å². The van der Waals surface area contributed by atoms with Gasteiger partial charge in [0, 0.05) is 42.0 Å². The zero-order chi connectivity index (χ0) is 46.1. The molecule has 0 saturated carbocycles. The van der Waals surface area contributed by atoms with E-state index < -0.39 is 146 Å². The first-order chi connectivity index (χ1) is 29.9. The summed E-state index contributed by atoms with van der Waals surface area (Å²) in [6, 6.07) is -1.85. The predicted octanol–water partition coefficient (Wildman–Crippen LogP) is -4.25. The standard InChI is InChI=1S/C40H56N10O12S/c1-4-18(2)32-37(60)43-14-30(55)44-24-9-10-63-39-22(21-7-5-6-8-23(21)47-39)12-25(34(57)42-15-31(56)48-32)45-38(61)33(19(3)28(53)17-51)49-36(59)27-11-20(52)16-50(27)40(62)26(13-29(41)54)46-35(24)58/h5-8,18-20,24-28,32-33,47,51-53H,4,9-17H2,1-3H3,(H2,41,54)(H,42,57)(H,43,60)(H,44,55)(H,45,61)(H,46,58)(H,48,56)(H,49,59)/t18-,19-,20+,24-,25-,26-,27-,28-,32-,33-/m0/s1. The number of aliphatic hydroxyl groups excluding tert-OH is 3. The van der Waals surface area contributed by atoms with Crippen molar-refractivity contribution < 1.29 is 58.5 Å². The number of benzene rings is 1. The molecule has 1 saturated heterocycles. The zero-order valence-corrected chi connectivity index (χ0v) is 35.9. The first-order valence-corrected chi connectivity index (χ1v) is 21.7. The number of carbonyl (C=O) groups excluding carboxylic acids is 9. The van der Waals surface area contributed by atoms with E-state index in [4.69, 9.17) is 5.73 Å². The molecule has 13 N–H and O–H groups in total. The van der Waals surface area contributed by atoms with Crippen LogP contribution in [-0.4, -0.2) is 159 Å². The number of para-hydroxylation sites is 1. The minimum Gasteiger partial charge on any atom is -0.394 e. The average Bonchev–Trinajstić information content (AvgIpc) is 3.82. The molecule has 2 bridgehead atoms. The van der Waals surface area contributed by atoms with Gasteiger partial charge in [-0.2, -0.15) is 0 Å². The molecular formula is C40H56N10O12S. The molecule has 23 heteroatoms. The van der Waals surface area contributed by atoms with Crippen LogP contribution in [0.1, 0.15) is 52.0 Å². The Bertz CT molecular complexity index is 2080. The second-order valence-electron chi connectivity index (χ2n) is 16.1. The van der Waals surface area contributed by atoms with Crippen LogP contribution in [0.3, 0.4) is 0 Å². The number of nitrogens with two attached hydrogens (primary N) is 1. The van der Waals surface area contributed by atoms with Gasteiger partial charge in [0.05, 0.1) is 43.4 Å². The number of aromatic nitrogens is 1. The van der Waals surface area contributed by atoms with Crippen molar-refractivity contribution in [1.29, 1.82) is 0 Å². The van der Waals surface area contributed by atoms with Crippen LogP contribution in [0.5, 0.6) is 0 Å². The topological polar surface area (TPSA) is 344 Å². The van der Waals surface area contributed by atoms with Crippen molar-refractivity contribution >= 4 is 75.8 Å². The normalized spacial score (nSPS) is 27.8. The van der Waals surface area contributed by atoms with Gasteiger partial charge in [-0.05, 0) is 24.0 Å². The summed E-state index contributed by atoms with van der Waals surface area (Å²) in [5, 5.41) is 50.3. The van der Waals surface area contributed by atoms with Crippen LogP contribution in [0.4, 0.5) is 0 Å². The molecule has 0 radical (unpaired) electrons. The number of hydrogen-bond donors (Lipinski definition) is 12. The summed E-state index contributed by atoms with van der Waals surface area (Å²) in [5.41, 5.74) is 6.68. The van der Waals surface area contributed by atoms with Crippen LogP contribution in [0.2, 0.25) is 0 Å². The molecule has 2 aromatic rings. The smallest absolute Gasteiger partial charge is 0.246 e. The summed E-state index contributed by atoms with van der Waals surface area (Å²) in [6.45, 7) is 2.25. The molecule has 344 valence electrons. The van der Waals surface area contributed by atoms with E-state index in [1.54, 1.807) is 38.1 Å². The molecule has 10 atom stereocenters. The van der Waals surface area contributed by atoms with Gasteiger partial charge in [-0.1, -0.05) is 45.4 Å². The highest BCUT2D eigenvalue weighted by Gasteiger charge is 2.44. The van der Waals surface area contributed by atoms with Crippen molar-refractivity contribution in [1.82, 2.24) is 47.1 Å². The molecule has 22 nitrogen and oxygen atoms in total. The Balaban J connectivity index is 1.68. The second kappa shape index (κ2) is 21.5. The predicted molar refractivity (Wildman–Crippen MR) is 225 cm³/mol. The van der Waals surface area contributed by atoms with E-state index in [1.165, 1.54) is 18.7 Å². The minimum atomic E-state index is -1.70. The summed E-state index contributed by atoms with van der Waals surface area (Å²) < 4.78 is 0. The van der Waals surface area contributed by atoms with Gasteiger partial charge in [-0.15, -0.1) is 11.8 Å². The number of carbonyl (C=O) groups is 9. The molecule has 0 aliphatic carbocycles. The molecule has 5 rings (SSSR count). The van der Waals surface area contributed by atoms with Gasteiger partial charge in [0.15, 0.2) is 0 Å². The lowest BCUT2D eigenvalue weighted by Gasteiger charge is -2.32. The fourth-order valence-corrected chi connectivity index (χ4v) is 8.82. The summed E-state index contributed by atoms with van der Waals surface area (Å²) in [6.07, 6.45) is -3.88. The Morgan fingerprint density at radius 1 is 0.857 bits per heavy atom. The number of hydrogen-bond acceptors (Lipinski definition) is 13. The summed E-state index contributed by atoms with van der Waals surface area (Å²) >= 11 is 1.20. The molecule has 3 aliphatic rings. The molecule has 0 unspecified atom stereocenters. The monoisotopic (exact) mass is 900 g/mol. The Hall–Kier alpha value is -5.78. The number of fused-ring (bicyclic) bond motifs is 6. The number of aliphatic hydroxyl groups is 3. The van der Waals surface area contributed by atoms with Crippen molar-refractivity contribution in [3.63, 3.8) is 0 Å². The number of primary amides is 1. The highest BCUT2D eigenvalue weighted by molar-refractivity contribution is 7.99. The largest absolute Gasteiger partial charge is 0.394 e. The maximum atomic E-state index is 14.4. The van der Waals surface area contributed by atoms with Crippen molar-refractivity contribution in [2.75, 3.05) is 32.0 Å². The van der Waals surface area contributed by atoms with Crippen LogP contribution in [0.15, 0.2) is 29.3 Å². The quantitative estimate of drug-likeness (QED) is 0.126. The number of amides is 9. The third-order valence-corrected chi connectivity index (χ3v) is 12.6. The molecule has 1 fully saturated rings. The number of rotatable bonds is 7. The molecule has 4 heterocycles. The number of nitrogens with zero attached hydrogens (tertiary/aromatic N) is 1. The van der Waals surface area contributed by atoms with Crippen LogP contribution >= 0.6 is 11.8 Å². The Morgan fingerprint density at radius 3 is 2.22 bits per heavy atom. The van der Waals surface area contributed by atoms with Crippen molar-refractivity contribution in [2.45, 2.75) is 106 Å². The van der Waals surface area contributed by atoms with E-state index in [0.29, 0.717) is 27.9 Å². The number of aromatic amines is 1. The Labute approximate surface area is 366 Å². The average molecular weight is 901 g/mol. The van der Waals surface area contributed by atoms with Gasteiger partial charge >= 0.3 is 0 Å². The third-order valence-electron chi connectivity index (χ3n) is 11.6. The molecule has 1 aromatic heterocycles. The fourth-order valence-electron chi connectivity index (χ4n) is 7.72. The number of thioether (sulfide) groups is 1. The van der Waals surface area contributed by atoms with E-state index >= 15 is 0 Å². The molecule has 9 amide bonds. The van der Waals surface area contributed by atoms with Crippen molar-refractivity contribution in [2.24, 2.45) is 17.6 Å².